The Morgan fingerprint density at radius 2 is 1.80 bits per heavy atom. The summed E-state index contributed by atoms with van der Waals surface area (Å²) in [5.41, 5.74) is 6.76. The fraction of sp³-hybridized carbons (Fsp3) is 0.579. The first-order valence-corrected chi connectivity index (χ1v) is 10.3. The summed E-state index contributed by atoms with van der Waals surface area (Å²) in [5.74, 6) is 0.774. The molecule has 0 aliphatic heterocycles. The van der Waals surface area contributed by atoms with Gasteiger partial charge in [-0.2, -0.15) is 0 Å². The van der Waals surface area contributed by atoms with Crippen LogP contribution in [0.5, 0.6) is 0 Å². The van der Waals surface area contributed by atoms with Gasteiger partial charge in [0.15, 0.2) is 0 Å². The minimum atomic E-state index is -0.612. The molecule has 0 unspecified atom stereocenters. The molecule has 1 heteroatoms. The van der Waals surface area contributed by atoms with Crippen LogP contribution in [0.25, 0.3) is 0 Å². The third kappa shape index (κ3) is 2.89. The fourth-order valence-corrected chi connectivity index (χ4v) is 7.59. The van der Waals surface area contributed by atoms with Gasteiger partial charge in [0.2, 0.25) is 0 Å². The molecule has 0 heterocycles. The average molecular weight is 348 g/mol. The summed E-state index contributed by atoms with van der Waals surface area (Å²) in [6.45, 7) is 16.5. The second-order valence-electron chi connectivity index (χ2n) is 7.21. The van der Waals surface area contributed by atoms with Gasteiger partial charge >= 0.3 is 137 Å². The molecular formula is C19H28Zr. The Morgan fingerprint density at radius 3 is 2.30 bits per heavy atom. The van der Waals surface area contributed by atoms with Crippen molar-refractivity contribution in [2.75, 3.05) is 0 Å². The van der Waals surface area contributed by atoms with Gasteiger partial charge in [-0.15, -0.1) is 0 Å². The van der Waals surface area contributed by atoms with E-state index in [1.54, 1.807) is 22.3 Å². The molecule has 108 valence electrons. The Kier molecular flexibility index (Phi) is 4.80. The molecule has 0 bridgehead atoms. The van der Waals surface area contributed by atoms with E-state index in [2.05, 4.69) is 60.6 Å². The second kappa shape index (κ2) is 5.92. The summed E-state index contributed by atoms with van der Waals surface area (Å²) < 4.78 is 3.64. The maximum atomic E-state index is 2.43. The number of rotatable bonds is 4. The molecule has 2 rings (SSSR count). The summed E-state index contributed by atoms with van der Waals surface area (Å²) >= 11 is -0.612. The van der Waals surface area contributed by atoms with E-state index in [9.17, 15) is 0 Å². The van der Waals surface area contributed by atoms with Gasteiger partial charge in [-0.1, -0.05) is 0 Å². The van der Waals surface area contributed by atoms with E-state index >= 15 is 0 Å². The first-order chi connectivity index (χ1) is 9.25. The van der Waals surface area contributed by atoms with Crippen LogP contribution < -0.4 is 0 Å². The van der Waals surface area contributed by atoms with E-state index in [4.69, 9.17) is 0 Å². The molecule has 0 aromatic heterocycles. The average Bonchev–Trinajstić information content (AvgIpc) is 2.83. The summed E-state index contributed by atoms with van der Waals surface area (Å²) in [6, 6.07) is 0. The van der Waals surface area contributed by atoms with Gasteiger partial charge in [-0.3, -0.25) is 0 Å². The molecule has 0 amide bonds. The van der Waals surface area contributed by atoms with Crippen LogP contribution in [0.15, 0.2) is 41.0 Å². The van der Waals surface area contributed by atoms with Crippen LogP contribution in [-0.2, 0) is 23.2 Å². The zero-order valence-electron chi connectivity index (χ0n) is 14.1. The van der Waals surface area contributed by atoms with Crippen LogP contribution in [0.2, 0.25) is 0 Å². The predicted octanol–water partition coefficient (Wildman–Crippen LogP) is 5.98. The molecule has 0 radical (unpaired) electrons. The molecule has 2 aliphatic carbocycles. The van der Waals surface area contributed by atoms with Crippen LogP contribution in [0, 0.1) is 11.3 Å². The van der Waals surface area contributed by atoms with Crippen molar-refractivity contribution in [2.45, 2.75) is 61.3 Å². The van der Waals surface area contributed by atoms with E-state index in [-0.39, 0.29) is 0 Å². The molecule has 0 saturated carbocycles. The zero-order chi connectivity index (χ0) is 15.1. The Labute approximate surface area is 136 Å². The number of hydrogen-bond donors (Lipinski definition) is 0. The van der Waals surface area contributed by atoms with Gasteiger partial charge in [0, 0.05) is 0 Å². The van der Waals surface area contributed by atoms with E-state index in [0.717, 1.165) is 5.92 Å². The standard InChI is InChI=1S/C10H15.C9H13.Zr/c1-7-6-10(4,5)9(3)8(7)2;1-8(2)7-9-5-3-4-6-9;/h1-5H3;3,5,8H,4,7H2,1-2H3;. The van der Waals surface area contributed by atoms with Crippen molar-refractivity contribution >= 4 is 0 Å². The van der Waals surface area contributed by atoms with Crippen LogP contribution in [0.3, 0.4) is 0 Å². The van der Waals surface area contributed by atoms with E-state index in [1.807, 2.05) is 6.56 Å². The third-order valence-electron chi connectivity index (χ3n) is 5.00. The SMILES string of the molecule is CC1=C(C)C(C)(C)[C]([Zr][C]2=C(CC(C)C)C=CC2)=C1C. The Hall–Kier alpha value is -0.157. The van der Waals surface area contributed by atoms with Gasteiger partial charge < -0.3 is 0 Å². The summed E-state index contributed by atoms with van der Waals surface area (Å²) in [7, 11) is 0. The zero-order valence-corrected chi connectivity index (χ0v) is 16.6. The van der Waals surface area contributed by atoms with Gasteiger partial charge in [0.1, 0.15) is 0 Å². The van der Waals surface area contributed by atoms with Crippen molar-refractivity contribution in [3.8, 4) is 0 Å². The number of allylic oxidation sites excluding steroid dienone is 8. The monoisotopic (exact) mass is 346 g/mol. The molecule has 2 aliphatic rings. The van der Waals surface area contributed by atoms with Crippen molar-refractivity contribution < 1.29 is 23.2 Å². The van der Waals surface area contributed by atoms with Crippen molar-refractivity contribution in [1.29, 1.82) is 0 Å². The van der Waals surface area contributed by atoms with Crippen molar-refractivity contribution in [3.05, 3.63) is 41.0 Å². The van der Waals surface area contributed by atoms with E-state index in [0.29, 0.717) is 5.41 Å². The summed E-state index contributed by atoms with van der Waals surface area (Å²) in [4.78, 5) is 0. The van der Waals surface area contributed by atoms with Crippen LogP contribution in [-0.4, -0.2) is 0 Å². The maximum absolute atomic E-state index is 2.43. The normalized spacial score (nSPS) is 21.8. The third-order valence-corrected chi connectivity index (χ3v) is 10.1. The minimum absolute atomic E-state index is 0.318. The molecule has 0 spiro atoms. The Balaban J connectivity index is 2.28. The summed E-state index contributed by atoms with van der Waals surface area (Å²) in [5, 5.41) is 0. The molecule has 0 aromatic rings. The molecule has 0 atom stereocenters. The first kappa shape index (κ1) is 16.2. The van der Waals surface area contributed by atoms with Crippen molar-refractivity contribution in [3.63, 3.8) is 0 Å². The van der Waals surface area contributed by atoms with Crippen molar-refractivity contribution in [1.82, 2.24) is 0 Å². The number of hydrogen-bond acceptors (Lipinski definition) is 0. The molecule has 0 N–H and O–H groups in total. The Bertz CT molecular complexity index is 536. The van der Waals surface area contributed by atoms with Crippen molar-refractivity contribution in [2.24, 2.45) is 11.3 Å². The first-order valence-electron chi connectivity index (χ1n) is 7.80. The van der Waals surface area contributed by atoms with Gasteiger partial charge in [-0.05, 0) is 0 Å². The molecule has 20 heavy (non-hydrogen) atoms. The topological polar surface area (TPSA) is 0 Å². The summed E-state index contributed by atoms with van der Waals surface area (Å²) in [6.07, 6.45) is 7.30. The Morgan fingerprint density at radius 1 is 1.15 bits per heavy atom. The molecular weight excluding hydrogens is 319 g/mol. The van der Waals surface area contributed by atoms with E-state index < -0.39 is 23.2 Å². The van der Waals surface area contributed by atoms with Crippen LogP contribution >= 0.6 is 0 Å². The molecule has 0 saturated heterocycles. The van der Waals surface area contributed by atoms with Gasteiger partial charge in [0.05, 0.1) is 0 Å². The fourth-order valence-electron chi connectivity index (χ4n) is 3.31. The van der Waals surface area contributed by atoms with Crippen LogP contribution in [0.1, 0.15) is 61.3 Å². The molecule has 0 fully saturated rings. The molecule has 0 aromatic carbocycles. The quantitative estimate of drug-likeness (QED) is 0.587. The van der Waals surface area contributed by atoms with Gasteiger partial charge in [0.25, 0.3) is 0 Å². The van der Waals surface area contributed by atoms with Gasteiger partial charge in [-0.25, -0.2) is 0 Å². The molecule has 0 nitrogen and oxygen atoms in total. The van der Waals surface area contributed by atoms with E-state index in [1.165, 1.54) is 12.8 Å². The predicted molar refractivity (Wildman–Crippen MR) is 85.1 cm³/mol. The second-order valence-corrected chi connectivity index (χ2v) is 10.5. The van der Waals surface area contributed by atoms with Crippen LogP contribution in [0.4, 0.5) is 0 Å².